The van der Waals surface area contributed by atoms with Gasteiger partial charge in [0.25, 0.3) is 0 Å². The van der Waals surface area contributed by atoms with E-state index in [-0.39, 0.29) is 11.4 Å². The number of nitrogens with zero attached hydrogens (tertiary/aromatic N) is 1. The zero-order chi connectivity index (χ0) is 25.5. The van der Waals surface area contributed by atoms with E-state index in [1.54, 1.807) is 17.3 Å². The zero-order valence-corrected chi connectivity index (χ0v) is 22.4. The molecule has 0 aromatic heterocycles. The van der Waals surface area contributed by atoms with Crippen molar-refractivity contribution < 1.29 is 12.8 Å². The average molecular weight is 481 g/mol. The summed E-state index contributed by atoms with van der Waals surface area (Å²) in [5.74, 6) is -0.333. The molecule has 1 heterocycles. The van der Waals surface area contributed by atoms with Crippen molar-refractivity contribution >= 4 is 10.0 Å². The molecular weight excluding hydrogens is 435 g/mol. The summed E-state index contributed by atoms with van der Waals surface area (Å²) in [5.41, 5.74) is 1.84. The maximum atomic E-state index is 13.2. The van der Waals surface area contributed by atoms with E-state index < -0.39 is 10.0 Å². The first-order chi connectivity index (χ1) is 15.7. The molecule has 2 aliphatic rings. The maximum Gasteiger partial charge on any atom is 0.240 e. The van der Waals surface area contributed by atoms with Gasteiger partial charge in [0.15, 0.2) is 0 Å². The Morgan fingerprint density at radius 3 is 2.12 bits per heavy atom. The van der Waals surface area contributed by atoms with Crippen LogP contribution in [0.4, 0.5) is 4.39 Å². The molecule has 1 N–H and O–H groups in total. The first-order valence-electron chi connectivity index (χ1n) is 12.0. The van der Waals surface area contributed by atoms with Gasteiger partial charge in [-0.15, -0.1) is 6.58 Å². The van der Waals surface area contributed by atoms with Gasteiger partial charge in [-0.2, -0.15) is 4.31 Å². The van der Waals surface area contributed by atoms with Gasteiger partial charge in [0.05, 0.1) is 16.3 Å². The number of hydrogen-bond donors (Lipinski definition) is 1. The molecule has 3 rings (SSSR count). The molecule has 188 valence electrons. The molecule has 1 spiro atoms. The van der Waals surface area contributed by atoms with Crippen LogP contribution in [0.1, 0.15) is 79.2 Å². The van der Waals surface area contributed by atoms with Crippen molar-refractivity contribution in [3.05, 3.63) is 71.4 Å². The summed E-state index contributed by atoms with van der Waals surface area (Å²) in [4.78, 5) is 0.571. The smallest absolute Gasteiger partial charge is 0.240 e. The second kappa shape index (κ2) is 16.0. The van der Waals surface area contributed by atoms with E-state index >= 15 is 0 Å². The number of sulfonamides is 1. The number of halogens is 1. The molecular formula is C27H45FN2O2S. The highest BCUT2D eigenvalue weighted by Crippen LogP contribution is 2.49. The van der Waals surface area contributed by atoms with Crippen molar-refractivity contribution in [1.82, 2.24) is 9.62 Å². The molecule has 0 unspecified atom stereocenters. The Morgan fingerprint density at radius 1 is 1.18 bits per heavy atom. The molecule has 1 saturated carbocycles. The van der Waals surface area contributed by atoms with Crippen molar-refractivity contribution in [2.45, 2.75) is 85.7 Å². The quantitative estimate of drug-likeness (QED) is 0.456. The van der Waals surface area contributed by atoms with Crippen LogP contribution in [0.2, 0.25) is 0 Å². The van der Waals surface area contributed by atoms with Crippen molar-refractivity contribution in [3.8, 4) is 0 Å². The van der Waals surface area contributed by atoms with Crippen LogP contribution in [0.25, 0.3) is 0 Å². The summed E-state index contributed by atoms with van der Waals surface area (Å²) >= 11 is 0. The minimum atomic E-state index is -3.38. The second-order valence-electron chi connectivity index (χ2n) is 7.99. The molecule has 1 fully saturated rings. The van der Waals surface area contributed by atoms with Gasteiger partial charge in [-0.3, -0.25) is 0 Å². The summed E-state index contributed by atoms with van der Waals surface area (Å²) in [5, 5.41) is 3.37. The van der Waals surface area contributed by atoms with E-state index in [4.69, 9.17) is 0 Å². The van der Waals surface area contributed by atoms with Crippen LogP contribution in [0.3, 0.4) is 0 Å². The lowest BCUT2D eigenvalue weighted by Crippen LogP contribution is -2.50. The van der Waals surface area contributed by atoms with Gasteiger partial charge in [0.1, 0.15) is 0 Å². The number of hydrogen-bond acceptors (Lipinski definition) is 3. The molecule has 0 amide bonds. The molecule has 1 aromatic rings. The Morgan fingerprint density at radius 2 is 1.67 bits per heavy atom. The Hall–Kier alpha value is -1.76. The van der Waals surface area contributed by atoms with E-state index in [0.29, 0.717) is 18.0 Å². The number of nitrogens with one attached hydrogen (secondary N) is 1. The van der Waals surface area contributed by atoms with E-state index in [1.165, 1.54) is 13.3 Å². The van der Waals surface area contributed by atoms with E-state index in [1.807, 2.05) is 51.1 Å². The fourth-order valence-corrected chi connectivity index (χ4v) is 6.22. The first-order valence-corrected chi connectivity index (χ1v) is 13.5. The fourth-order valence-electron chi connectivity index (χ4n) is 4.24. The van der Waals surface area contributed by atoms with Crippen molar-refractivity contribution in [2.24, 2.45) is 0 Å². The lowest BCUT2D eigenvalue weighted by molar-refractivity contribution is 0.166. The molecule has 0 bridgehead atoms. The van der Waals surface area contributed by atoms with Gasteiger partial charge in [0, 0.05) is 13.1 Å². The van der Waals surface area contributed by atoms with Crippen LogP contribution in [0.5, 0.6) is 0 Å². The Bertz CT molecular complexity index is 838. The minimum absolute atomic E-state index is 0.320. The highest BCUT2D eigenvalue weighted by molar-refractivity contribution is 7.93. The van der Waals surface area contributed by atoms with Crippen molar-refractivity contribution in [3.63, 3.8) is 0 Å². The van der Waals surface area contributed by atoms with Crippen LogP contribution in [0, 0.1) is 0 Å². The van der Waals surface area contributed by atoms with Gasteiger partial charge >= 0.3 is 0 Å². The number of likely N-dealkylation sites (N-methyl/N-ethyl adjacent to an activating group) is 1. The van der Waals surface area contributed by atoms with Gasteiger partial charge in [-0.05, 0) is 51.3 Å². The van der Waals surface area contributed by atoms with E-state index in [2.05, 4.69) is 25.4 Å². The molecule has 0 saturated heterocycles. The van der Waals surface area contributed by atoms with Crippen LogP contribution in [0.15, 0.2) is 65.9 Å². The monoisotopic (exact) mass is 480 g/mol. The third kappa shape index (κ3) is 8.84. The Kier molecular flexibility index (Phi) is 15.1. The molecule has 33 heavy (non-hydrogen) atoms. The molecule has 1 aromatic carbocycles. The highest BCUT2D eigenvalue weighted by Gasteiger charge is 2.53. The van der Waals surface area contributed by atoms with Crippen LogP contribution in [-0.4, -0.2) is 31.4 Å². The standard InChI is InChI=1S/C19H28N2O2S.C3H5F.C3H6.C2H6/c1-3-20-14-18-16(2)24(22,23)21(15-17-10-6-4-7-11-17)19(18)12-8-5-9-13-19;1-3(2)4;1-3-2;1-2/h4,6-7,10-11,20H,3,5,8-9,12-15H2,1-2H3;1H2,2H3;3H,1H2,2H3;1-2H3. The lowest BCUT2D eigenvalue weighted by atomic mass is 9.75. The van der Waals surface area contributed by atoms with Gasteiger partial charge in [-0.25, -0.2) is 12.8 Å². The SMILES string of the molecule is C=C(C)F.C=CC.CC.CCNCC1=C(C)S(=O)(=O)N(Cc2ccccc2)C12CCCCC2. The normalized spacial score (nSPS) is 18.2. The number of rotatable bonds is 5. The minimum Gasteiger partial charge on any atom is -0.313 e. The number of benzene rings is 1. The predicted molar refractivity (Wildman–Crippen MR) is 141 cm³/mol. The largest absolute Gasteiger partial charge is 0.313 e. The molecule has 6 heteroatoms. The summed E-state index contributed by atoms with van der Waals surface area (Å²) < 4.78 is 39.0. The third-order valence-electron chi connectivity index (χ3n) is 5.54. The topological polar surface area (TPSA) is 49.4 Å². The van der Waals surface area contributed by atoms with Gasteiger partial charge < -0.3 is 5.32 Å². The molecule has 0 radical (unpaired) electrons. The van der Waals surface area contributed by atoms with E-state index in [0.717, 1.165) is 43.4 Å². The van der Waals surface area contributed by atoms with E-state index in [9.17, 15) is 12.8 Å². The second-order valence-corrected chi connectivity index (χ2v) is 9.99. The highest BCUT2D eigenvalue weighted by atomic mass is 32.2. The van der Waals surface area contributed by atoms with Crippen molar-refractivity contribution in [1.29, 1.82) is 0 Å². The molecule has 4 nitrogen and oxygen atoms in total. The van der Waals surface area contributed by atoms with Crippen LogP contribution in [-0.2, 0) is 16.6 Å². The summed E-state index contributed by atoms with van der Waals surface area (Å²) in [6, 6.07) is 9.96. The zero-order valence-electron chi connectivity index (χ0n) is 21.6. The lowest BCUT2D eigenvalue weighted by Gasteiger charge is -2.42. The van der Waals surface area contributed by atoms with Gasteiger partial charge in [0.2, 0.25) is 10.0 Å². The van der Waals surface area contributed by atoms with Crippen LogP contribution >= 0.6 is 0 Å². The first kappa shape index (κ1) is 31.2. The molecule has 0 atom stereocenters. The molecule has 1 aliphatic carbocycles. The summed E-state index contributed by atoms with van der Waals surface area (Å²) in [6.07, 6.45) is 7.04. The summed E-state index contributed by atoms with van der Waals surface area (Å²) in [6.45, 7) is 19.3. The number of allylic oxidation sites excluding steroid dienone is 3. The third-order valence-corrected chi connectivity index (χ3v) is 7.62. The summed E-state index contributed by atoms with van der Waals surface area (Å²) in [7, 11) is -3.38. The van der Waals surface area contributed by atoms with Gasteiger partial charge in [-0.1, -0.05) is 83.0 Å². The molecule has 1 aliphatic heterocycles. The van der Waals surface area contributed by atoms with Crippen LogP contribution < -0.4 is 5.32 Å². The predicted octanol–water partition coefficient (Wildman–Crippen LogP) is 7.13. The average Bonchev–Trinajstić information content (AvgIpc) is 2.93. The Balaban J connectivity index is 0.000000989. The van der Waals surface area contributed by atoms with Crippen molar-refractivity contribution in [2.75, 3.05) is 13.1 Å². The Labute approximate surface area is 202 Å². The fraction of sp³-hybridized carbons (Fsp3) is 0.556. The maximum absolute atomic E-state index is 13.2.